The van der Waals surface area contributed by atoms with E-state index in [0.717, 1.165) is 52.6 Å². The van der Waals surface area contributed by atoms with E-state index in [2.05, 4.69) is 186 Å². The van der Waals surface area contributed by atoms with E-state index in [-0.39, 0.29) is 97.3 Å². The van der Waals surface area contributed by atoms with E-state index in [1.165, 1.54) is 86.8 Å². The molecule has 7 atom stereocenters. The fourth-order valence-electron chi connectivity index (χ4n) is 17.2. The van der Waals surface area contributed by atoms with Crippen molar-refractivity contribution >= 4 is 67.8 Å². The first-order valence-electron chi connectivity index (χ1n) is 46.5. The van der Waals surface area contributed by atoms with Gasteiger partial charge >= 0.3 is 17.9 Å². The Balaban J connectivity index is 0.000000183. The number of rotatable bonds is 26. The second-order valence-corrected chi connectivity index (χ2v) is 62.2. The number of aliphatic hydroxyl groups is 2. The molecule has 1 aliphatic heterocycles. The molecule has 7 aromatic rings. The first-order chi connectivity index (χ1) is 62.1. The minimum atomic E-state index is -3.63. The third-order valence-electron chi connectivity index (χ3n) is 28.6. The lowest BCUT2D eigenvalue weighted by Crippen LogP contribution is -2.41. The molecule has 0 saturated carbocycles. The summed E-state index contributed by atoms with van der Waals surface area (Å²) >= 11 is 2.45. The summed E-state index contributed by atoms with van der Waals surface area (Å²) in [6.07, 6.45) is 7.73. The second kappa shape index (κ2) is 44.2. The molecule has 0 spiro atoms. The fourth-order valence-corrected chi connectivity index (χ4v) is 23.2. The first-order valence-corrected chi connectivity index (χ1v) is 59.2. The lowest BCUT2D eigenvalue weighted by Gasteiger charge is -2.38. The normalized spacial score (nSPS) is 19.3. The van der Waals surface area contributed by atoms with E-state index < -0.39 is 101 Å². The third-order valence-corrected chi connectivity index (χ3v) is 47.6. The molecule has 134 heavy (non-hydrogen) atoms. The summed E-state index contributed by atoms with van der Waals surface area (Å²) in [6, 6.07) is 36.6. The molecule has 7 aliphatic rings. The molecule has 0 amide bonds. The van der Waals surface area contributed by atoms with Gasteiger partial charge in [-0.15, -0.1) is 0 Å². The highest BCUT2D eigenvalue weighted by atomic mass is 127. The Hall–Kier alpha value is -6.38. The van der Waals surface area contributed by atoms with Crippen molar-refractivity contribution in [2.75, 3.05) is 68.1 Å². The Morgan fingerprint density at radius 3 is 1.08 bits per heavy atom. The maximum absolute atomic E-state index is 14.5. The SMILES string of the molecule is CC(C)(C)[Si](C)(C)O[C@H]1CCc2c(I)cccc21.CC(C)(C)[Si](C)(C)O[C@H]1CCc2c1cccc2C(F)(F)CO.CCOC(=O)C(F)(F)c1cccc2c1CC[C@@H]2O[Si](C)(C)C(C)(C)C.COCC(F)(F)c1cccc2c1CC[C@@H]2O.COCC(F)(F)c1cccc2c1CC[C@@H]2O[Si](C)(C)C(C)(C)C.COCC(F)(F)c1cccc2c1CC[C@H]2Oc1ccc2c(c1)OC[C@H]2CC(=O)OC. The predicted octanol–water partition coefficient (Wildman–Crippen LogP) is 27.8. The Morgan fingerprint density at radius 2 is 0.724 bits per heavy atom. The second-order valence-electron chi connectivity index (χ2n) is 42.1. The molecule has 14 rings (SSSR count). The van der Waals surface area contributed by atoms with Gasteiger partial charge in [-0.2, -0.15) is 43.9 Å². The van der Waals surface area contributed by atoms with Crippen LogP contribution in [0.4, 0.5) is 43.9 Å². The Morgan fingerprint density at radius 1 is 0.410 bits per heavy atom. The van der Waals surface area contributed by atoms with E-state index in [9.17, 15) is 58.6 Å². The Kier molecular flexibility index (Phi) is 36.7. The number of esters is 2. The summed E-state index contributed by atoms with van der Waals surface area (Å²) < 4.78 is 204. The number of aliphatic hydroxyl groups excluding tert-OH is 2. The van der Waals surface area contributed by atoms with Gasteiger partial charge in [0, 0.05) is 70.3 Å². The molecule has 2 N–H and O–H groups in total. The van der Waals surface area contributed by atoms with Crippen LogP contribution in [-0.4, -0.2) is 124 Å². The van der Waals surface area contributed by atoms with Crippen LogP contribution in [0.5, 0.6) is 11.5 Å². The number of methoxy groups -OCH3 is 4. The zero-order valence-electron chi connectivity index (χ0n) is 83.0. The highest BCUT2D eigenvalue weighted by molar-refractivity contribution is 14.1. The topological polar surface area (TPSA) is 176 Å². The molecule has 0 fully saturated rings. The fraction of sp³-hybridized carbons (Fsp3) is 0.577. The van der Waals surface area contributed by atoms with Crippen LogP contribution in [0.2, 0.25) is 72.5 Å². The van der Waals surface area contributed by atoms with Crippen LogP contribution in [0.1, 0.15) is 278 Å². The van der Waals surface area contributed by atoms with E-state index >= 15 is 0 Å². The van der Waals surface area contributed by atoms with Crippen LogP contribution in [-0.2, 0) is 119 Å². The van der Waals surface area contributed by atoms with Gasteiger partial charge in [-0.3, -0.25) is 4.79 Å². The van der Waals surface area contributed by atoms with E-state index in [0.29, 0.717) is 103 Å². The summed E-state index contributed by atoms with van der Waals surface area (Å²) in [6.45, 7) is 43.1. The summed E-state index contributed by atoms with van der Waals surface area (Å²) in [7, 11) is -2.35. The number of benzene rings is 7. The van der Waals surface area contributed by atoms with Crippen molar-refractivity contribution in [2.24, 2.45) is 0 Å². The number of fused-ring (bicyclic) bond motifs is 7. The molecule has 30 heteroatoms. The summed E-state index contributed by atoms with van der Waals surface area (Å²) in [5.74, 6) is -16.3. The van der Waals surface area contributed by atoms with Crippen molar-refractivity contribution < 1.29 is 115 Å². The zero-order valence-corrected chi connectivity index (χ0v) is 89.1. The summed E-state index contributed by atoms with van der Waals surface area (Å²) in [4.78, 5) is 23.3. The zero-order chi connectivity index (χ0) is 99.9. The van der Waals surface area contributed by atoms with Crippen LogP contribution in [0.25, 0.3) is 0 Å². The van der Waals surface area contributed by atoms with Crippen molar-refractivity contribution in [3.05, 3.63) is 231 Å². The van der Waals surface area contributed by atoms with Gasteiger partial charge in [0.2, 0.25) is 0 Å². The van der Waals surface area contributed by atoms with Crippen molar-refractivity contribution in [1.82, 2.24) is 0 Å². The molecule has 742 valence electrons. The number of ether oxygens (including phenoxy) is 7. The minimum Gasteiger partial charge on any atom is -0.492 e. The van der Waals surface area contributed by atoms with Crippen molar-refractivity contribution in [3.63, 3.8) is 0 Å². The van der Waals surface area contributed by atoms with Gasteiger partial charge in [0.05, 0.1) is 57.3 Å². The van der Waals surface area contributed by atoms with E-state index in [1.807, 2.05) is 36.4 Å². The van der Waals surface area contributed by atoms with Gasteiger partial charge in [-0.25, -0.2) is 4.79 Å². The molecule has 0 saturated heterocycles. The average Bonchev–Trinajstić information content (AvgIpc) is 1.58. The third kappa shape index (κ3) is 26.1. The average molecular weight is 2060 g/mol. The molecule has 6 aliphatic carbocycles. The van der Waals surface area contributed by atoms with Gasteiger partial charge in [0.25, 0.3) is 23.7 Å². The number of hydrogen-bond donors (Lipinski definition) is 2. The lowest BCUT2D eigenvalue weighted by molar-refractivity contribution is -0.173. The molecule has 0 aromatic heterocycles. The Labute approximate surface area is 805 Å². The highest BCUT2D eigenvalue weighted by Crippen LogP contribution is 2.53. The smallest absolute Gasteiger partial charge is 0.381 e. The molecule has 0 radical (unpaired) electrons. The largest absolute Gasteiger partial charge is 0.492 e. The molecule has 0 unspecified atom stereocenters. The molecule has 7 aromatic carbocycles. The van der Waals surface area contributed by atoms with Crippen LogP contribution >= 0.6 is 22.6 Å². The maximum Gasteiger partial charge on any atom is 0.381 e. The monoisotopic (exact) mass is 2060 g/mol. The van der Waals surface area contributed by atoms with Gasteiger partial charge in [0.15, 0.2) is 33.3 Å². The summed E-state index contributed by atoms with van der Waals surface area (Å²) in [5, 5.41) is 19.1. The van der Waals surface area contributed by atoms with E-state index in [1.54, 1.807) is 42.5 Å². The van der Waals surface area contributed by atoms with E-state index in [4.69, 9.17) is 46.5 Å². The summed E-state index contributed by atoms with van der Waals surface area (Å²) in [5.41, 5.74) is 10.9. The number of carbonyl (C=O) groups is 2. The van der Waals surface area contributed by atoms with Crippen LogP contribution in [0.15, 0.2) is 127 Å². The lowest BCUT2D eigenvalue weighted by atomic mass is 9.97. The van der Waals surface area contributed by atoms with Crippen molar-refractivity contribution in [2.45, 2.75) is 318 Å². The van der Waals surface area contributed by atoms with Gasteiger partial charge < -0.3 is 61.1 Å². The van der Waals surface area contributed by atoms with Crippen LogP contribution in [0.3, 0.4) is 0 Å². The van der Waals surface area contributed by atoms with Crippen molar-refractivity contribution in [3.8, 4) is 11.5 Å². The number of hydrogen-bond acceptors (Lipinski definition) is 15. The highest BCUT2D eigenvalue weighted by Gasteiger charge is 2.51. The van der Waals surface area contributed by atoms with Crippen LogP contribution in [0, 0.1) is 3.57 Å². The molecule has 0 bridgehead atoms. The molecule has 1 heterocycles. The Bertz CT molecular complexity index is 5160. The standard InChI is InChI=1S/C23H24F2O5.C19H28F2O3Si.C18H28F2O2Si.C17H26F2O2Si.C15H23IOSi.C12H14F2O2/c1-27-13-23(24,25)19-5-3-4-18-17(19)8-9-20(18)30-15-6-7-16-14(10-22(26)28-2)12-29-21(16)11-15;1-7-23-17(22)19(20,21)15-10-8-9-14-13(15)11-12-16(14)24-25(5,6)18(2,3)4;1-17(2,3)23(5,6)22-16-11-10-13-14(16)8-7-9-15(13)18(19,20)12-21-4;1-16(2,3)22(4,5)21-15-10-9-12-13(15)7-6-8-14(12)17(18,19)11-20;1-15(2,3)18(4,5)17-14-10-9-11-12(14)7-6-8-13(11)16;1-16-7-12(13,14)10-4-2-3-9-8(10)5-6-11(9)15/h3-7,11,14,20H,8-10,12-13H2,1-2H3;8-10,16H,7,11-12H2,1-6H3;7-9,16H,10-12H2,1-6H3;6-8,15,20H,9-11H2,1-5H3;6-8,14H,9-10H2,1-5H3;2-4,11,15H,5-7H2,1H3/t14-,20-;2*16-;15-;14-;11-/m100000/s1. The molecule has 15 nitrogen and oxygen atoms in total. The van der Waals surface area contributed by atoms with Gasteiger partial charge in [0.1, 0.15) is 44.0 Å². The molecular weight excluding hydrogens is 1920 g/mol. The number of carbonyl (C=O) groups excluding carboxylic acids is 2. The first kappa shape index (κ1) is 111. The van der Waals surface area contributed by atoms with Gasteiger partial charge in [-0.1, -0.05) is 192 Å². The quantitative estimate of drug-likeness (QED) is 0.0226. The maximum atomic E-state index is 14.5. The van der Waals surface area contributed by atoms with Gasteiger partial charge in [-0.05, 0) is 258 Å². The predicted molar refractivity (Wildman–Crippen MR) is 524 cm³/mol. The number of alkyl halides is 10. The minimum absolute atomic E-state index is 0.0101. The molecular formula is C104H143F10IO15Si4. The number of halogens is 11. The van der Waals surface area contributed by atoms with Crippen molar-refractivity contribution in [1.29, 1.82) is 0 Å². The van der Waals surface area contributed by atoms with Crippen LogP contribution < -0.4 is 9.47 Å².